The van der Waals surface area contributed by atoms with E-state index in [9.17, 15) is 14.4 Å². The molecule has 0 radical (unpaired) electrons. The number of ether oxygens (including phenoxy) is 2. The van der Waals surface area contributed by atoms with Crippen LogP contribution in [0.4, 0.5) is 11.4 Å². The smallest absolute Gasteiger partial charge is 0.271 e. The summed E-state index contributed by atoms with van der Waals surface area (Å²) in [6.07, 6.45) is 0. The molecule has 0 unspecified atom stereocenters. The summed E-state index contributed by atoms with van der Waals surface area (Å²) >= 11 is 0. The number of hydrogen-bond donors (Lipinski definition) is 2. The van der Waals surface area contributed by atoms with E-state index in [-0.39, 0.29) is 30.7 Å². The van der Waals surface area contributed by atoms with Gasteiger partial charge in [-0.15, -0.1) is 0 Å². The van der Waals surface area contributed by atoms with Crippen LogP contribution in [0.25, 0.3) is 10.9 Å². The first-order valence-electron chi connectivity index (χ1n) is 12.2. The van der Waals surface area contributed by atoms with Crippen LogP contribution in [0.2, 0.25) is 0 Å². The zero-order valence-electron chi connectivity index (χ0n) is 21.2. The van der Waals surface area contributed by atoms with E-state index in [1.807, 2.05) is 42.5 Å². The van der Waals surface area contributed by atoms with E-state index >= 15 is 0 Å². The Hall–Kier alpha value is -4.79. The topological polar surface area (TPSA) is 102 Å². The Bertz CT molecular complexity index is 1490. The van der Waals surface area contributed by atoms with Crippen LogP contribution in [0.3, 0.4) is 0 Å². The molecule has 2 N–H and O–H groups in total. The van der Waals surface area contributed by atoms with Crippen LogP contribution in [-0.2, 0) is 11.3 Å². The molecule has 1 aliphatic heterocycles. The van der Waals surface area contributed by atoms with Gasteiger partial charge in [-0.2, -0.15) is 0 Å². The third kappa shape index (κ3) is 5.17. The zero-order valence-corrected chi connectivity index (χ0v) is 21.2. The summed E-state index contributed by atoms with van der Waals surface area (Å²) in [5.41, 5.74) is 3.27. The fraction of sp³-hybridized carbons (Fsp3) is 0.207. The van der Waals surface area contributed by atoms with Crippen LogP contribution >= 0.6 is 0 Å². The molecule has 0 saturated carbocycles. The lowest BCUT2D eigenvalue weighted by Gasteiger charge is -2.27. The van der Waals surface area contributed by atoms with Gasteiger partial charge in [-0.05, 0) is 66.7 Å². The molecule has 9 nitrogen and oxygen atoms in total. The van der Waals surface area contributed by atoms with Crippen molar-refractivity contribution < 1.29 is 23.9 Å². The van der Waals surface area contributed by atoms with E-state index in [0.29, 0.717) is 30.1 Å². The molecule has 1 fully saturated rings. The number of amides is 2. The third-order valence-electron chi connectivity index (χ3n) is 6.54. The predicted molar refractivity (Wildman–Crippen MR) is 144 cm³/mol. The number of nitrogens with zero attached hydrogens (tertiary/aromatic N) is 2. The van der Waals surface area contributed by atoms with Gasteiger partial charge in [-0.3, -0.25) is 14.4 Å². The van der Waals surface area contributed by atoms with Crippen LogP contribution in [0.1, 0.15) is 20.8 Å². The second kappa shape index (κ2) is 10.7. The maximum Gasteiger partial charge on any atom is 0.271 e. The number of carbonyl (C=O) groups excluding carboxylic acids is 3. The van der Waals surface area contributed by atoms with Gasteiger partial charge < -0.3 is 29.6 Å². The number of ketones is 1. The Labute approximate surface area is 219 Å². The first kappa shape index (κ1) is 24.9. The summed E-state index contributed by atoms with van der Waals surface area (Å²) in [5, 5.41) is 6.92. The van der Waals surface area contributed by atoms with Gasteiger partial charge in [0.05, 0.1) is 32.8 Å². The number of fused-ring (bicyclic) bond motifs is 1. The van der Waals surface area contributed by atoms with Crippen molar-refractivity contribution in [2.24, 2.45) is 0 Å². The zero-order chi connectivity index (χ0) is 26.6. The first-order chi connectivity index (χ1) is 18.4. The van der Waals surface area contributed by atoms with Crippen molar-refractivity contribution in [2.75, 3.05) is 39.2 Å². The van der Waals surface area contributed by atoms with Crippen molar-refractivity contribution in [3.63, 3.8) is 0 Å². The lowest BCUT2D eigenvalue weighted by molar-refractivity contribution is -0.123. The quantitative estimate of drug-likeness (QED) is 0.348. The number of anilines is 2. The van der Waals surface area contributed by atoms with Crippen molar-refractivity contribution >= 4 is 39.9 Å². The number of carbonyl (C=O) groups is 3. The molecule has 9 heteroatoms. The Morgan fingerprint density at radius 1 is 0.895 bits per heavy atom. The number of nitrogens with one attached hydrogen (secondary N) is 2. The maximum atomic E-state index is 13.5. The maximum absolute atomic E-state index is 13.5. The number of benzene rings is 3. The van der Waals surface area contributed by atoms with Crippen LogP contribution < -0.4 is 20.1 Å². The Morgan fingerprint density at radius 2 is 1.55 bits per heavy atom. The normalized spacial score (nSPS) is 13.2. The van der Waals surface area contributed by atoms with Crippen LogP contribution in [0.5, 0.6) is 11.5 Å². The van der Waals surface area contributed by atoms with Gasteiger partial charge in [0.15, 0.2) is 5.78 Å². The van der Waals surface area contributed by atoms with Gasteiger partial charge >= 0.3 is 0 Å². The van der Waals surface area contributed by atoms with E-state index < -0.39 is 0 Å². The molecule has 3 aromatic carbocycles. The molecule has 1 aromatic heterocycles. The van der Waals surface area contributed by atoms with Gasteiger partial charge in [-0.1, -0.05) is 6.07 Å². The minimum atomic E-state index is -0.289. The molecule has 2 amide bonds. The first-order valence-corrected chi connectivity index (χ1v) is 12.2. The van der Waals surface area contributed by atoms with Crippen molar-refractivity contribution in [1.29, 1.82) is 0 Å². The molecule has 194 valence electrons. The van der Waals surface area contributed by atoms with Gasteiger partial charge in [-0.25, -0.2) is 0 Å². The largest absolute Gasteiger partial charge is 0.497 e. The highest BCUT2D eigenvalue weighted by Gasteiger charge is 2.26. The predicted octanol–water partition coefficient (Wildman–Crippen LogP) is 3.86. The standard InChI is InChI=1S/C29H28N4O5/c1-37-23-9-4-19(5-10-23)27(34)17-33-25-16-22(31-21-7-11-24(38-2)12-8-21)6-3-20(25)15-26(33)29(36)32-14-13-30-28(35)18-32/h3-12,15-16,31H,13-14,17-18H2,1-2H3,(H,30,35). The number of Topliss-reactive ketones (excluding diaryl/α,β-unsaturated/α-hetero) is 1. The van der Waals surface area contributed by atoms with Crippen molar-refractivity contribution in [2.45, 2.75) is 6.54 Å². The highest BCUT2D eigenvalue weighted by molar-refractivity contribution is 6.03. The molecule has 0 bridgehead atoms. The molecular formula is C29H28N4O5. The van der Waals surface area contributed by atoms with Crippen LogP contribution in [-0.4, -0.2) is 60.9 Å². The SMILES string of the molecule is COc1ccc(Nc2ccc3cc(C(=O)N4CCNC(=O)C4)n(CC(=O)c4ccc(OC)cc4)c3c2)cc1. The van der Waals surface area contributed by atoms with E-state index in [1.165, 1.54) is 4.90 Å². The fourth-order valence-electron chi connectivity index (χ4n) is 4.51. The van der Waals surface area contributed by atoms with Crippen molar-refractivity contribution in [1.82, 2.24) is 14.8 Å². The molecule has 5 rings (SSSR count). The molecule has 0 atom stereocenters. The number of aromatic nitrogens is 1. The lowest BCUT2D eigenvalue weighted by atomic mass is 10.1. The average molecular weight is 513 g/mol. The molecule has 4 aromatic rings. The van der Waals surface area contributed by atoms with E-state index in [2.05, 4.69) is 10.6 Å². The van der Waals surface area contributed by atoms with Crippen molar-refractivity contribution in [3.8, 4) is 11.5 Å². The highest BCUT2D eigenvalue weighted by atomic mass is 16.5. The molecule has 1 saturated heterocycles. The Balaban J connectivity index is 1.51. The van der Waals surface area contributed by atoms with Gasteiger partial charge in [0.2, 0.25) is 5.91 Å². The summed E-state index contributed by atoms with van der Waals surface area (Å²) in [5.74, 6) is 0.771. The number of rotatable bonds is 8. The lowest BCUT2D eigenvalue weighted by Crippen LogP contribution is -2.50. The molecule has 38 heavy (non-hydrogen) atoms. The van der Waals surface area contributed by atoms with Gasteiger partial charge in [0.25, 0.3) is 5.91 Å². The molecule has 0 aliphatic carbocycles. The Morgan fingerprint density at radius 3 is 2.21 bits per heavy atom. The van der Waals surface area contributed by atoms with Crippen LogP contribution in [0, 0.1) is 0 Å². The second-order valence-corrected chi connectivity index (χ2v) is 8.97. The molecule has 1 aliphatic rings. The summed E-state index contributed by atoms with van der Waals surface area (Å²) in [6.45, 7) is 0.744. The van der Waals surface area contributed by atoms with E-state index in [1.54, 1.807) is 49.1 Å². The number of piperazine rings is 1. The van der Waals surface area contributed by atoms with E-state index in [4.69, 9.17) is 9.47 Å². The number of methoxy groups -OCH3 is 2. The molecular weight excluding hydrogens is 484 g/mol. The average Bonchev–Trinajstić information content (AvgIpc) is 3.30. The highest BCUT2D eigenvalue weighted by Crippen LogP contribution is 2.28. The summed E-state index contributed by atoms with van der Waals surface area (Å²) in [7, 11) is 3.19. The van der Waals surface area contributed by atoms with E-state index in [0.717, 1.165) is 28.0 Å². The Kier molecular flexibility index (Phi) is 6.99. The summed E-state index contributed by atoms with van der Waals surface area (Å²) in [6, 6.07) is 22.0. The fourth-order valence-corrected chi connectivity index (χ4v) is 4.51. The van der Waals surface area contributed by atoms with Crippen LogP contribution in [0.15, 0.2) is 72.8 Å². The summed E-state index contributed by atoms with van der Waals surface area (Å²) < 4.78 is 12.2. The van der Waals surface area contributed by atoms with Crippen molar-refractivity contribution in [3.05, 3.63) is 84.1 Å². The minimum absolute atomic E-state index is 0.0168. The second-order valence-electron chi connectivity index (χ2n) is 8.97. The monoisotopic (exact) mass is 512 g/mol. The molecule has 0 spiro atoms. The van der Waals surface area contributed by atoms with Gasteiger partial charge in [0.1, 0.15) is 17.2 Å². The molecule has 2 heterocycles. The minimum Gasteiger partial charge on any atom is -0.497 e. The third-order valence-corrected chi connectivity index (χ3v) is 6.54. The summed E-state index contributed by atoms with van der Waals surface area (Å²) in [4.78, 5) is 40.3. The van der Waals surface area contributed by atoms with Gasteiger partial charge in [0, 0.05) is 35.4 Å². The number of hydrogen-bond acceptors (Lipinski definition) is 6.